The van der Waals surface area contributed by atoms with Gasteiger partial charge in [-0.1, -0.05) is 0 Å². The van der Waals surface area contributed by atoms with E-state index in [4.69, 9.17) is 10.0 Å². The summed E-state index contributed by atoms with van der Waals surface area (Å²) in [7, 11) is -1.52. The molecule has 0 saturated carbocycles. The Kier molecular flexibility index (Phi) is 2.12. The van der Waals surface area contributed by atoms with Crippen LogP contribution < -0.4 is 11.0 Å². The number of hydrogen-bond acceptors (Lipinski definition) is 3. The molecule has 58 valence electrons. The van der Waals surface area contributed by atoms with E-state index in [0.717, 1.165) is 0 Å². The van der Waals surface area contributed by atoms with E-state index >= 15 is 0 Å². The van der Waals surface area contributed by atoms with Gasteiger partial charge in [-0.3, -0.25) is 4.79 Å². The van der Waals surface area contributed by atoms with Crippen molar-refractivity contribution < 1.29 is 10.0 Å². The molecule has 0 unspecified atom stereocenters. The minimum Gasteiger partial charge on any atom is -0.423 e. The van der Waals surface area contributed by atoms with Crippen molar-refractivity contribution in [1.82, 2.24) is 4.98 Å². The fraction of sp³-hybridized carbons (Fsp3) is 0.167. The molecule has 5 heteroatoms. The predicted octanol–water partition coefficient (Wildman–Crippen LogP) is -1.64. The number of rotatable bonds is 1. The maximum absolute atomic E-state index is 10.6. The lowest BCUT2D eigenvalue weighted by Crippen LogP contribution is -2.34. The fourth-order valence-electron chi connectivity index (χ4n) is 0.863. The van der Waals surface area contributed by atoms with E-state index < -0.39 is 7.12 Å². The Labute approximate surface area is 63.7 Å². The highest BCUT2D eigenvalue weighted by Gasteiger charge is 2.13. The minimum absolute atomic E-state index is 0.244. The van der Waals surface area contributed by atoms with Crippen LogP contribution in [0, 0.1) is 6.92 Å². The number of aromatic amines is 1. The SMILES string of the molecule is Cc1cc(=O)[nH]cc1B(O)O. The average molecular weight is 153 g/mol. The molecule has 0 aliphatic heterocycles. The van der Waals surface area contributed by atoms with E-state index in [1.807, 2.05) is 0 Å². The Bertz CT molecular complexity index is 307. The van der Waals surface area contributed by atoms with E-state index in [1.54, 1.807) is 6.92 Å². The van der Waals surface area contributed by atoms with Crippen molar-refractivity contribution in [3.05, 3.63) is 28.2 Å². The first-order valence-electron chi connectivity index (χ1n) is 3.16. The lowest BCUT2D eigenvalue weighted by atomic mass is 9.79. The first kappa shape index (κ1) is 8.04. The lowest BCUT2D eigenvalue weighted by Gasteiger charge is -2.00. The van der Waals surface area contributed by atoms with Gasteiger partial charge in [0.1, 0.15) is 0 Å². The molecule has 0 bridgehead atoms. The van der Waals surface area contributed by atoms with Crippen LogP contribution in [0.3, 0.4) is 0 Å². The fourth-order valence-corrected chi connectivity index (χ4v) is 0.863. The molecule has 1 rings (SSSR count). The molecule has 0 radical (unpaired) electrons. The summed E-state index contributed by atoms with van der Waals surface area (Å²) in [4.78, 5) is 13.0. The second-order valence-electron chi connectivity index (χ2n) is 2.31. The summed E-state index contributed by atoms with van der Waals surface area (Å²) in [5, 5.41) is 17.5. The predicted molar refractivity (Wildman–Crippen MR) is 41.6 cm³/mol. The smallest absolute Gasteiger partial charge is 0.423 e. The second-order valence-corrected chi connectivity index (χ2v) is 2.31. The van der Waals surface area contributed by atoms with Gasteiger partial charge < -0.3 is 15.0 Å². The van der Waals surface area contributed by atoms with Crippen molar-refractivity contribution in [3.63, 3.8) is 0 Å². The molecule has 1 aromatic heterocycles. The zero-order valence-corrected chi connectivity index (χ0v) is 6.03. The highest BCUT2D eigenvalue weighted by molar-refractivity contribution is 6.59. The Balaban J connectivity index is 3.20. The van der Waals surface area contributed by atoms with Gasteiger partial charge in [-0.2, -0.15) is 0 Å². The third kappa shape index (κ3) is 1.69. The highest BCUT2D eigenvalue weighted by Crippen LogP contribution is 1.86. The van der Waals surface area contributed by atoms with Crippen LogP contribution in [0.15, 0.2) is 17.1 Å². The average Bonchev–Trinajstić information content (AvgIpc) is 1.85. The Hall–Kier alpha value is -1.07. The van der Waals surface area contributed by atoms with Crippen molar-refractivity contribution in [2.75, 3.05) is 0 Å². The molecule has 1 aromatic rings. The maximum Gasteiger partial charge on any atom is 0.490 e. The number of pyridine rings is 1. The van der Waals surface area contributed by atoms with Crippen molar-refractivity contribution >= 4 is 12.6 Å². The van der Waals surface area contributed by atoms with Gasteiger partial charge >= 0.3 is 7.12 Å². The summed E-state index contributed by atoms with van der Waals surface area (Å²) < 4.78 is 0. The summed E-state index contributed by atoms with van der Waals surface area (Å²) in [6, 6.07) is 1.31. The summed E-state index contributed by atoms with van der Waals surface area (Å²) in [6.07, 6.45) is 1.29. The van der Waals surface area contributed by atoms with E-state index in [1.165, 1.54) is 12.3 Å². The largest absolute Gasteiger partial charge is 0.490 e. The van der Waals surface area contributed by atoms with Crippen molar-refractivity contribution in [2.24, 2.45) is 0 Å². The molecular formula is C6H8BNO3. The van der Waals surface area contributed by atoms with Gasteiger partial charge in [-0.05, 0) is 12.5 Å². The topological polar surface area (TPSA) is 73.3 Å². The van der Waals surface area contributed by atoms with Crippen LogP contribution in [0.25, 0.3) is 0 Å². The number of aryl methyl sites for hydroxylation is 1. The van der Waals surface area contributed by atoms with Crippen LogP contribution in [0.4, 0.5) is 0 Å². The molecule has 1 heterocycles. The summed E-state index contributed by atoms with van der Waals surface area (Å²) >= 11 is 0. The standard InChI is InChI=1S/C6H8BNO3/c1-4-2-6(9)8-3-5(4)7(10)11/h2-3,10-11H,1H3,(H,8,9). The quantitative estimate of drug-likeness (QED) is 0.423. The zero-order valence-electron chi connectivity index (χ0n) is 6.03. The van der Waals surface area contributed by atoms with Gasteiger partial charge in [0.2, 0.25) is 5.56 Å². The van der Waals surface area contributed by atoms with E-state index in [9.17, 15) is 4.79 Å². The molecular weight excluding hydrogens is 145 g/mol. The number of nitrogens with one attached hydrogen (secondary N) is 1. The van der Waals surface area contributed by atoms with Gasteiger partial charge in [-0.25, -0.2) is 0 Å². The molecule has 0 atom stereocenters. The normalized spacial score (nSPS) is 9.73. The van der Waals surface area contributed by atoms with Gasteiger partial charge in [0.05, 0.1) is 0 Å². The lowest BCUT2D eigenvalue weighted by molar-refractivity contribution is 0.425. The summed E-state index contributed by atoms with van der Waals surface area (Å²) in [5.74, 6) is 0. The molecule has 4 nitrogen and oxygen atoms in total. The second kappa shape index (κ2) is 2.90. The first-order chi connectivity index (χ1) is 5.11. The van der Waals surface area contributed by atoms with Crippen LogP contribution in [0.5, 0.6) is 0 Å². The summed E-state index contributed by atoms with van der Waals surface area (Å²) in [5.41, 5.74) is 0.653. The number of H-pyrrole nitrogens is 1. The van der Waals surface area contributed by atoms with Crippen LogP contribution in [0.2, 0.25) is 0 Å². The van der Waals surface area contributed by atoms with Gasteiger partial charge in [0.15, 0.2) is 0 Å². The van der Waals surface area contributed by atoms with Crippen LogP contribution in [0.1, 0.15) is 5.56 Å². The molecule has 0 aliphatic carbocycles. The maximum atomic E-state index is 10.6. The zero-order chi connectivity index (χ0) is 8.43. The third-order valence-electron chi connectivity index (χ3n) is 1.45. The van der Waals surface area contributed by atoms with Gasteiger partial charge in [-0.15, -0.1) is 0 Å². The van der Waals surface area contributed by atoms with Crippen molar-refractivity contribution in [2.45, 2.75) is 6.92 Å². The molecule has 0 amide bonds. The van der Waals surface area contributed by atoms with Crippen LogP contribution in [-0.4, -0.2) is 22.2 Å². The molecule has 0 aromatic carbocycles. The van der Waals surface area contributed by atoms with Crippen molar-refractivity contribution in [1.29, 1.82) is 0 Å². The molecule has 0 fully saturated rings. The minimum atomic E-state index is -1.52. The first-order valence-corrected chi connectivity index (χ1v) is 3.16. The Morgan fingerprint density at radius 2 is 2.18 bits per heavy atom. The number of hydrogen-bond donors (Lipinski definition) is 3. The van der Waals surface area contributed by atoms with Crippen LogP contribution in [-0.2, 0) is 0 Å². The molecule has 0 aliphatic rings. The molecule has 11 heavy (non-hydrogen) atoms. The molecule has 3 N–H and O–H groups in total. The van der Waals surface area contributed by atoms with Gasteiger partial charge in [0, 0.05) is 17.7 Å². The monoisotopic (exact) mass is 153 g/mol. The van der Waals surface area contributed by atoms with E-state index in [-0.39, 0.29) is 5.56 Å². The van der Waals surface area contributed by atoms with E-state index in [0.29, 0.717) is 11.0 Å². The third-order valence-corrected chi connectivity index (χ3v) is 1.45. The highest BCUT2D eigenvalue weighted by atomic mass is 16.4. The van der Waals surface area contributed by atoms with Gasteiger partial charge in [0.25, 0.3) is 0 Å². The Morgan fingerprint density at radius 3 is 2.64 bits per heavy atom. The molecule has 0 saturated heterocycles. The Morgan fingerprint density at radius 1 is 1.55 bits per heavy atom. The van der Waals surface area contributed by atoms with Crippen LogP contribution >= 0.6 is 0 Å². The van der Waals surface area contributed by atoms with E-state index in [2.05, 4.69) is 4.98 Å². The van der Waals surface area contributed by atoms with Crippen molar-refractivity contribution in [3.8, 4) is 0 Å². The number of aromatic nitrogens is 1. The molecule has 0 spiro atoms. The summed E-state index contributed by atoms with van der Waals surface area (Å²) in [6.45, 7) is 1.64.